The van der Waals surface area contributed by atoms with E-state index in [2.05, 4.69) is 96.9 Å². The lowest BCUT2D eigenvalue weighted by Gasteiger charge is -2.28. The summed E-state index contributed by atoms with van der Waals surface area (Å²) < 4.78 is 11.3. The molecular weight excluding hydrogens is 681 g/mol. The number of aromatic hydroxyl groups is 2. The van der Waals surface area contributed by atoms with E-state index in [9.17, 15) is 19.8 Å². The lowest BCUT2D eigenvalue weighted by molar-refractivity contribution is -0.144. The van der Waals surface area contributed by atoms with Crippen molar-refractivity contribution in [3.63, 3.8) is 0 Å². The van der Waals surface area contributed by atoms with Crippen molar-refractivity contribution in [3.8, 4) is 11.5 Å². The van der Waals surface area contributed by atoms with Crippen LogP contribution in [0.5, 0.6) is 11.5 Å². The van der Waals surface area contributed by atoms with Gasteiger partial charge in [0.25, 0.3) is 0 Å². The summed E-state index contributed by atoms with van der Waals surface area (Å²) >= 11 is 2.02. The number of phenols is 2. The highest BCUT2D eigenvalue weighted by atomic mass is 32.2. The normalized spacial score (nSPS) is 13.8. The Morgan fingerprint density at radius 3 is 1.09 bits per heavy atom. The maximum absolute atomic E-state index is 12.7. The van der Waals surface area contributed by atoms with Gasteiger partial charge in [0.05, 0.1) is 13.2 Å². The van der Waals surface area contributed by atoms with Crippen molar-refractivity contribution in [1.82, 2.24) is 0 Å². The number of carbonyl (C=O) groups excluding carboxylic acids is 2. The van der Waals surface area contributed by atoms with Crippen LogP contribution >= 0.6 is 11.8 Å². The first-order valence-electron chi connectivity index (χ1n) is 20.1. The van der Waals surface area contributed by atoms with Gasteiger partial charge in [-0.15, -0.1) is 0 Å². The smallest absolute Gasteiger partial charge is 0.306 e. The molecule has 0 radical (unpaired) electrons. The quantitative estimate of drug-likeness (QED) is 0.116. The lowest BCUT2D eigenvalue weighted by atomic mass is 9.78. The Morgan fingerprint density at radius 1 is 0.566 bits per heavy atom. The summed E-state index contributed by atoms with van der Waals surface area (Å²) in [4.78, 5) is 25.4. The predicted molar refractivity (Wildman–Crippen MR) is 224 cm³/mol. The highest BCUT2D eigenvalue weighted by molar-refractivity contribution is 8.00. The number of aryl methyl sites for hydroxylation is 2. The number of ether oxygens (including phenoxy) is 2. The summed E-state index contributed by atoms with van der Waals surface area (Å²) in [5, 5.41) is 23.0. The van der Waals surface area contributed by atoms with E-state index >= 15 is 0 Å². The second-order valence-electron chi connectivity index (χ2n) is 19.0. The van der Waals surface area contributed by atoms with Gasteiger partial charge < -0.3 is 19.7 Å². The van der Waals surface area contributed by atoms with Gasteiger partial charge in [-0.1, -0.05) is 121 Å². The molecule has 53 heavy (non-hydrogen) atoms. The van der Waals surface area contributed by atoms with Crippen molar-refractivity contribution in [3.05, 3.63) is 57.6 Å². The number of thioether (sulfide) groups is 1. The molecule has 0 amide bonds. The molecule has 300 valence electrons. The maximum atomic E-state index is 12.7. The zero-order valence-corrected chi connectivity index (χ0v) is 36.7. The molecule has 6 nitrogen and oxygen atoms in total. The Balaban J connectivity index is 1.77. The number of benzene rings is 2. The molecule has 0 spiro atoms. The van der Waals surface area contributed by atoms with Crippen LogP contribution in [0.1, 0.15) is 182 Å². The van der Waals surface area contributed by atoms with Gasteiger partial charge in [0, 0.05) is 23.3 Å². The van der Waals surface area contributed by atoms with E-state index < -0.39 is 0 Å². The fraction of sp³-hybridized carbons (Fsp3) is 0.696. The van der Waals surface area contributed by atoms with Gasteiger partial charge in [-0.2, -0.15) is 11.8 Å². The van der Waals surface area contributed by atoms with Crippen LogP contribution in [0.4, 0.5) is 0 Å². The first-order valence-corrected chi connectivity index (χ1v) is 21.0. The number of rotatable bonds is 18. The molecular formula is C46H74O6S. The molecule has 7 heteroatoms. The number of hydrogen-bond donors (Lipinski definition) is 2. The molecule has 0 saturated heterocycles. The van der Waals surface area contributed by atoms with Crippen LogP contribution in [-0.2, 0) is 53.6 Å². The van der Waals surface area contributed by atoms with Gasteiger partial charge in [0.1, 0.15) is 11.5 Å². The van der Waals surface area contributed by atoms with Gasteiger partial charge >= 0.3 is 11.9 Å². The standard InChI is InChI=1S/C46H74O6S/c1-15-33(19-17-25-51-39(47)23-21-31-27-35(43(3,4)5)41(49)36(28-31)44(6,7)8)53-34(16-2)20-18-26-52-40(48)24-22-32-29-37(45(9,10)11)42(50)38(30-32)46(12,13)14/h27-30,33-34,49-50H,15-26H2,1-14H3. The van der Waals surface area contributed by atoms with Crippen molar-refractivity contribution >= 4 is 23.7 Å². The van der Waals surface area contributed by atoms with Gasteiger partial charge in [0.15, 0.2) is 0 Å². The molecule has 2 atom stereocenters. The number of phenolic OH excluding ortho intramolecular Hbond substituents is 2. The van der Waals surface area contributed by atoms with E-state index in [-0.39, 0.29) is 33.6 Å². The average molecular weight is 755 g/mol. The van der Waals surface area contributed by atoms with E-state index in [0.717, 1.165) is 71.9 Å². The molecule has 0 bridgehead atoms. The molecule has 0 heterocycles. The third-order valence-electron chi connectivity index (χ3n) is 9.97. The minimum Gasteiger partial charge on any atom is -0.507 e. The van der Waals surface area contributed by atoms with Crippen molar-refractivity contribution < 1.29 is 29.3 Å². The Bertz CT molecular complexity index is 1300. The van der Waals surface area contributed by atoms with Crippen molar-refractivity contribution in [2.45, 2.75) is 193 Å². The minimum atomic E-state index is -0.206. The van der Waals surface area contributed by atoms with Crippen LogP contribution in [0.25, 0.3) is 0 Å². The van der Waals surface area contributed by atoms with E-state index in [1.165, 1.54) is 0 Å². The molecule has 0 aliphatic rings. The van der Waals surface area contributed by atoms with Crippen molar-refractivity contribution in [2.24, 2.45) is 0 Å². The number of hydrogen-bond acceptors (Lipinski definition) is 7. The monoisotopic (exact) mass is 755 g/mol. The van der Waals surface area contributed by atoms with E-state index in [0.29, 0.717) is 60.9 Å². The number of carbonyl (C=O) groups is 2. The fourth-order valence-electron chi connectivity index (χ4n) is 6.60. The molecule has 2 aromatic rings. The summed E-state index contributed by atoms with van der Waals surface area (Å²) in [5.41, 5.74) is 4.93. The average Bonchev–Trinajstić information content (AvgIpc) is 3.03. The fourth-order valence-corrected chi connectivity index (χ4v) is 8.14. The Morgan fingerprint density at radius 2 is 0.849 bits per heavy atom. The summed E-state index contributed by atoms with van der Waals surface area (Å²) in [6, 6.07) is 8.16. The maximum Gasteiger partial charge on any atom is 0.306 e. The van der Waals surface area contributed by atoms with Gasteiger partial charge in [0.2, 0.25) is 0 Å². The number of esters is 2. The zero-order chi connectivity index (χ0) is 40.4. The molecule has 2 unspecified atom stereocenters. The summed E-state index contributed by atoms with van der Waals surface area (Å²) in [5.74, 6) is 0.357. The first-order chi connectivity index (χ1) is 24.4. The largest absolute Gasteiger partial charge is 0.507 e. The third kappa shape index (κ3) is 15.2. The van der Waals surface area contributed by atoms with Crippen LogP contribution in [0.2, 0.25) is 0 Å². The van der Waals surface area contributed by atoms with Gasteiger partial charge in [-0.3, -0.25) is 9.59 Å². The van der Waals surface area contributed by atoms with E-state index in [1.54, 1.807) is 0 Å². The van der Waals surface area contributed by atoms with Gasteiger partial charge in [-0.25, -0.2) is 0 Å². The summed E-state index contributed by atoms with van der Waals surface area (Å²) in [7, 11) is 0. The molecule has 2 aromatic carbocycles. The lowest BCUT2D eigenvalue weighted by Crippen LogP contribution is -2.18. The zero-order valence-electron chi connectivity index (χ0n) is 35.9. The minimum absolute atomic E-state index is 0.179. The first kappa shape index (κ1) is 46.5. The highest BCUT2D eigenvalue weighted by Gasteiger charge is 2.28. The molecule has 0 aromatic heterocycles. The van der Waals surface area contributed by atoms with Crippen LogP contribution in [0, 0.1) is 0 Å². The molecule has 0 aliphatic carbocycles. The van der Waals surface area contributed by atoms with Crippen LogP contribution < -0.4 is 0 Å². The van der Waals surface area contributed by atoms with Crippen LogP contribution in [0.3, 0.4) is 0 Å². The Kier molecular flexibility index (Phi) is 17.3. The molecule has 2 rings (SSSR count). The van der Waals surface area contributed by atoms with Crippen molar-refractivity contribution in [1.29, 1.82) is 0 Å². The molecule has 0 fully saturated rings. The SMILES string of the molecule is CCC(CCCOC(=O)CCc1cc(C(C)(C)C)c(O)c(C(C)(C)C)c1)SC(CC)CCCOC(=O)CCc1cc(C(C)(C)C)c(O)c(C(C)(C)C)c1. The van der Waals surface area contributed by atoms with Crippen LogP contribution in [0.15, 0.2) is 24.3 Å². The molecule has 0 saturated carbocycles. The van der Waals surface area contributed by atoms with Crippen molar-refractivity contribution in [2.75, 3.05) is 13.2 Å². The summed E-state index contributed by atoms with van der Waals surface area (Å²) in [6.07, 6.45) is 7.58. The second-order valence-corrected chi connectivity index (χ2v) is 20.6. The van der Waals surface area contributed by atoms with Gasteiger partial charge in [-0.05, 0) is 106 Å². The second kappa shape index (κ2) is 19.8. The third-order valence-corrected chi connectivity index (χ3v) is 11.9. The molecule has 0 aliphatic heterocycles. The Hall–Kier alpha value is -2.67. The molecule has 2 N–H and O–H groups in total. The topological polar surface area (TPSA) is 93.1 Å². The van der Waals surface area contributed by atoms with Crippen LogP contribution in [-0.4, -0.2) is 45.9 Å². The predicted octanol–water partition coefficient (Wildman–Crippen LogP) is 11.8. The van der Waals surface area contributed by atoms with E-state index in [1.807, 2.05) is 36.0 Å². The Labute approximate surface area is 327 Å². The van der Waals surface area contributed by atoms with E-state index in [4.69, 9.17) is 9.47 Å². The summed E-state index contributed by atoms with van der Waals surface area (Å²) in [6.45, 7) is 30.5. The highest BCUT2D eigenvalue weighted by Crippen LogP contribution is 2.41.